The van der Waals surface area contributed by atoms with Gasteiger partial charge in [-0.25, -0.2) is 4.98 Å². The lowest BCUT2D eigenvalue weighted by atomic mass is 10.1. The highest BCUT2D eigenvalue weighted by Crippen LogP contribution is 2.31. The Morgan fingerprint density at radius 2 is 1.56 bits per heavy atom. The van der Waals surface area contributed by atoms with Crippen LogP contribution in [0, 0.1) is 6.92 Å². The number of aromatic nitrogens is 2. The molecule has 1 aliphatic rings. The van der Waals surface area contributed by atoms with Gasteiger partial charge in [0.25, 0.3) is 17.7 Å². The first-order valence-electron chi connectivity index (χ1n) is 9.78. The fourth-order valence-corrected chi connectivity index (χ4v) is 4.20. The summed E-state index contributed by atoms with van der Waals surface area (Å²) in [7, 11) is 0. The summed E-state index contributed by atoms with van der Waals surface area (Å²) in [5, 5.41) is 0.559. The lowest BCUT2D eigenvalue weighted by Gasteiger charge is -2.15. The number of carbonyl (C=O) groups excluding carboxylic acids is 3. The zero-order valence-corrected chi connectivity index (χ0v) is 18.3. The Morgan fingerprint density at radius 3 is 2.22 bits per heavy atom. The van der Waals surface area contributed by atoms with Crippen molar-refractivity contribution in [2.24, 2.45) is 0 Å². The molecule has 6 nitrogen and oxygen atoms in total. The molecule has 5 rings (SSSR count). The lowest BCUT2D eigenvalue weighted by molar-refractivity contribution is 0.0633. The van der Waals surface area contributed by atoms with Gasteiger partial charge in [-0.3, -0.25) is 23.9 Å². The first-order valence-corrected chi connectivity index (χ1v) is 10.5. The van der Waals surface area contributed by atoms with Crippen LogP contribution in [-0.2, 0) is 6.54 Å². The molecule has 1 aliphatic heterocycles. The number of nitrogens with zero attached hydrogens (tertiary/aromatic N) is 3. The molecule has 3 aromatic carbocycles. The van der Waals surface area contributed by atoms with Gasteiger partial charge in [0, 0.05) is 5.56 Å². The summed E-state index contributed by atoms with van der Waals surface area (Å²) in [4.78, 5) is 44.9. The molecular weight excluding hydrogens is 449 g/mol. The molecule has 0 saturated heterocycles. The maximum absolute atomic E-state index is 13.5. The van der Waals surface area contributed by atoms with Crippen LogP contribution in [0.15, 0.2) is 60.7 Å². The molecule has 2 amide bonds. The lowest BCUT2D eigenvalue weighted by Crippen LogP contribution is -2.31. The van der Waals surface area contributed by atoms with E-state index in [2.05, 4.69) is 4.98 Å². The van der Waals surface area contributed by atoms with Crippen molar-refractivity contribution in [3.8, 4) is 0 Å². The quantitative estimate of drug-likeness (QED) is 0.394. The van der Waals surface area contributed by atoms with Crippen molar-refractivity contribution >= 4 is 52.0 Å². The minimum Gasteiger partial charge on any atom is -0.269 e. The number of amides is 2. The van der Waals surface area contributed by atoms with Crippen molar-refractivity contribution in [3.63, 3.8) is 0 Å². The van der Waals surface area contributed by atoms with Crippen molar-refractivity contribution in [2.45, 2.75) is 13.5 Å². The van der Waals surface area contributed by atoms with Crippen LogP contribution in [0.5, 0.6) is 0 Å². The van der Waals surface area contributed by atoms with Crippen LogP contribution in [0.3, 0.4) is 0 Å². The number of rotatable bonds is 3. The van der Waals surface area contributed by atoms with Crippen LogP contribution in [0.25, 0.3) is 11.0 Å². The molecule has 0 spiro atoms. The van der Waals surface area contributed by atoms with Crippen molar-refractivity contribution in [2.75, 3.05) is 0 Å². The second-order valence-corrected chi connectivity index (χ2v) is 8.35. The summed E-state index contributed by atoms with van der Waals surface area (Å²) in [6.07, 6.45) is 0. The molecule has 8 heteroatoms. The summed E-state index contributed by atoms with van der Waals surface area (Å²) in [6.45, 7) is 1.72. The van der Waals surface area contributed by atoms with E-state index in [1.165, 1.54) is 4.57 Å². The molecule has 0 fully saturated rings. The van der Waals surface area contributed by atoms with Crippen molar-refractivity contribution in [3.05, 3.63) is 98.8 Å². The van der Waals surface area contributed by atoms with Crippen molar-refractivity contribution in [1.82, 2.24) is 14.5 Å². The number of benzene rings is 3. The monoisotopic (exact) mass is 463 g/mol. The first-order chi connectivity index (χ1) is 15.3. The Labute approximate surface area is 193 Å². The van der Waals surface area contributed by atoms with E-state index in [0.29, 0.717) is 32.7 Å². The highest BCUT2D eigenvalue weighted by Gasteiger charge is 2.36. The number of imide groups is 1. The van der Waals surface area contributed by atoms with Gasteiger partial charge < -0.3 is 0 Å². The molecule has 4 aromatic rings. The Hall–Kier alpha value is -3.48. The third-order valence-electron chi connectivity index (χ3n) is 5.41. The summed E-state index contributed by atoms with van der Waals surface area (Å²) >= 11 is 12.4. The summed E-state index contributed by atoms with van der Waals surface area (Å²) in [5.74, 6) is -0.966. The summed E-state index contributed by atoms with van der Waals surface area (Å²) in [5.41, 5.74) is 2.90. The molecule has 0 bridgehead atoms. The van der Waals surface area contributed by atoms with Gasteiger partial charge >= 0.3 is 0 Å². The second-order valence-electron chi connectivity index (χ2n) is 7.54. The van der Waals surface area contributed by atoms with Crippen molar-refractivity contribution in [1.29, 1.82) is 0 Å². The first kappa shape index (κ1) is 20.4. The average Bonchev–Trinajstić information content (AvgIpc) is 3.24. The number of halogens is 2. The molecule has 158 valence electrons. The fourth-order valence-electron chi connectivity index (χ4n) is 3.89. The highest BCUT2D eigenvalue weighted by molar-refractivity contribution is 6.42. The van der Waals surface area contributed by atoms with E-state index in [0.717, 1.165) is 10.5 Å². The molecule has 0 radical (unpaired) electrons. The maximum Gasteiger partial charge on any atom is 0.263 e. The largest absolute Gasteiger partial charge is 0.269 e. The Bertz CT molecular complexity index is 1420. The van der Waals surface area contributed by atoms with Crippen LogP contribution in [0.1, 0.15) is 42.5 Å². The van der Waals surface area contributed by atoms with Gasteiger partial charge in [-0.2, -0.15) is 0 Å². The van der Waals surface area contributed by atoms with Gasteiger partial charge in [0.1, 0.15) is 5.82 Å². The van der Waals surface area contributed by atoms with Gasteiger partial charge in [-0.15, -0.1) is 0 Å². The SMILES string of the molecule is Cc1cccc(C(=O)n2c(CN3C(=O)c4ccccc4C3=O)nc3cc(Cl)c(Cl)cc32)c1. The zero-order chi connectivity index (χ0) is 22.6. The molecule has 0 aliphatic carbocycles. The molecular formula is C24H15Cl2N3O3. The van der Waals surface area contributed by atoms with Gasteiger partial charge in [0.15, 0.2) is 0 Å². The van der Waals surface area contributed by atoms with E-state index >= 15 is 0 Å². The van der Waals surface area contributed by atoms with E-state index in [-0.39, 0.29) is 23.3 Å². The molecule has 1 aromatic heterocycles. The minimum absolute atomic E-state index is 0.173. The van der Waals surface area contributed by atoms with E-state index in [9.17, 15) is 14.4 Å². The molecule has 0 saturated carbocycles. The van der Waals surface area contributed by atoms with E-state index in [1.807, 2.05) is 13.0 Å². The number of carbonyl (C=O) groups is 3. The summed E-state index contributed by atoms with van der Waals surface area (Å²) < 4.78 is 1.38. The third kappa shape index (κ3) is 3.20. The van der Waals surface area contributed by atoms with Gasteiger partial charge in [0.05, 0.1) is 38.8 Å². The Kier molecular flexibility index (Phi) is 4.84. The number of fused-ring (bicyclic) bond motifs is 2. The van der Waals surface area contributed by atoms with Crippen LogP contribution in [-0.4, -0.2) is 32.2 Å². The van der Waals surface area contributed by atoms with Crippen molar-refractivity contribution < 1.29 is 14.4 Å². The minimum atomic E-state index is -0.428. The molecule has 2 heterocycles. The Morgan fingerprint density at radius 1 is 0.906 bits per heavy atom. The third-order valence-corrected chi connectivity index (χ3v) is 6.13. The predicted molar refractivity (Wildman–Crippen MR) is 121 cm³/mol. The molecule has 0 unspecified atom stereocenters. The van der Waals surface area contributed by atoms with E-state index in [1.54, 1.807) is 54.6 Å². The predicted octanol–water partition coefficient (Wildman–Crippen LogP) is 5.14. The van der Waals surface area contributed by atoms with E-state index < -0.39 is 11.8 Å². The van der Waals surface area contributed by atoms with Crippen LogP contribution >= 0.6 is 23.2 Å². The van der Waals surface area contributed by atoms with E-state index in [4.69, 9.17) is 23.2 Å². The smallest absolute Gasteiger partial charge is 0.263 e. The van der Waals surface area contributed by atoms with Crippen LogP contribution < -0.4 is 0 Å². The number of aryl methyl sites for hydroxylation is 1. The summed E-state index contributed by atoms with van der Waals surface area (Å²) in [6, 6.07) is 16.9. The van der Waals surface area contributed by atoms with Crippen LogP contribution in [0.2, 0.25) is 10.0 Å². The van der Waals surface area contributed by atoms with Crippen LogP contribution in [0.4, 0.5) is 0 Å². The average molecular weight is 464 g/mol. The van der Waals surface area contributed by atoms with Gasteiger partial charge in [-0.1, -0.05) is 53.0 Å². The molecule has 0 N–H and O–H groups in total. The maximum atomic E-state index is 13.5. The topological polar surface area (TPSA) is 72.3 Å². The number of hydrogen-bond donors (Lipinski definition) is 0. The Balaban J connectivity index is 1.65. The normalized spacial score (nSPS) is 13.2. The molecule has 32 heavy (non-hydrogen) atoms. The van der Waals surface area contributed by atoms with Gasteiger partial charge in [-0.05, 0) is 43.3 Å². The number of hydrogen-bond acceptors (Lipinski definition) is 4. The molecule has 0 atom stereocenters. The standard InChI is InChI=1S/C24H15Cl2N3O3/c1-13-5-4-6-14(9-13)22(30)29-20-11-18(26)17(25)10-19(20)27-21(29)12-28-23(31)15-7-2-3-8-16(15)24(28)32/h2-11H,12H2,1H3. The number of imidazole rings is 1. The zero-order valence-electron chi connectivity index (χ0n) is 16.8. The second kappa shape index (κ2) is 7.58. The highest BCUT2D eigenvalue weighted by atomic mass is 35.5. The van der Waals surface area contributed by atoms with Gasteiger partial charge in [0.2, 0.25) is 0 Å². The fraction of sp³-hybridized carbons (Fsp3) is 0.0833.